The average Bonchev–Trinajstić information content (AvgIpc) is 2.44. The summed E-state index contributed by atoms with van der Waals surface area (Å²) in [5, 5.41) is 3.38. The molecule has 1 amide bonds. The molecule has 0 spiro atoms. The van der Waals surface area contributed by atoms with E-state index >= 15 is 0 Å². The van der Waals surface area contributed by atoms with Crippen molar-refractivity contribution in [1.82, 2.24) is 0 Å². The van der Waals surface area contributed by atoms with E-state index in [0.717, 1.165) is 17.7 Å². The third-order valence-corrected chi connectivity index (χ3v) is 3.78. The number of anilines is 2. The lowest BCUT2D eigenvalue weighted by Crippen LogP contribution is -2.13. The lowest BCUT2D eigenvalue weighted by Gasteiger charge is -2.11. The Hall–Kier alpha value is -1.71. The molecule has 2 aromatic rings. The second kappa shape index (κ2) is 6.16. The lowest BCUT2D eigenvalue weighted by molar-refractivity contribution is 0.102. The van der Waals surface area contributed by atoms with Crippen molar-refractivity contribution in [3.05, 3.63) is 57.6 Å². The molecule has 0 atom stereocenters. The molecule has 0 unspecified atom stereocenters. The molecular weight excluding hydrogens is 295 g/mol. The lowest BCUT2D eigenvalue weighted by atomic mass is 10.1. The van der Waals surface area contributed by atoms with Gasteiger partial charge >= 0.3 is 0 Å². The van der Waals surface area contributed by atoms with Crippen LogP contribution >= 0.6 is 23.2 Å². The van der Waals surface area contributed by atoms with Gasteiger partial charge in [0.1, 0.15) is 0 Å². The number of para-hydroxylation sites is 1. The number of hydrogen-bond donors (Lipinski definition) is 2. The summed E-state index contributed by atoms with van der Waals surface area (Å²) in [6.07, 6.45) is 0.833. The van der Waals surface area contributed by atoms with Crippen LogP contribution in [0, 0.1) is 0 Å². The minimum absolute atomic E-state index is 0.261. The van der Waals surface area contributed by atoms with Gasteiger partial charge in [0.25, 0.3) is 5.91 Å². The molecule has 0 aliphatic heterocycles. The number of amides is 1. The Labute approximate surface area is 127 Å². The van der Waals surface area contributed by atoms with Gasteiger partial charge in [-0.2, -0.15) is 0 Å². The zero-order chi connectivity index (χ0) is 14.7. The van der Waals surface area contributed by atoms with E-state index in [4.69, 9.17) is 28.9 Å². The largest absolute Gasteiger partial charge is 0.397 e. The van der Waals surface area contributed by atoms with Crippen LogP contribution in [0.2, 0.25) is 10.0 Å². The van der Waals surface area contributed by atoms with E-state index < -0.39 is 0 Å². The molecule has 5 heteroatoms. The second-order valence-electron chi connectivity index (χ2n) is 4.33. The first-order valence-corrected chi connectivity index (χ1v) is 6.92. The van der Waals surface area contributed by atoms with Crippen molar-refractivity contribution in [3.63, 3.8) is 0 Å². The van der Waals surface area contributed by atoms with Crippen molar-refractivity contribution in [2.75, 3.05) is 11.1 Å². The predicted octanol–water partition coefficient (Wildman–Crippen LogP) is 4.39. The second-order valence-corrected chi connectivity index (χ2v) is 5.11. The maximum absolute atomic E-state index is 12.2. The molecule has 0 saturated carbocycles. The number of hydrogen-bond acceptors (Lipinski definition) is 2. The Morgan fingerprint density at radius 2 is 1.95 bits per heavy atom. The average molecular weight is 309 g/mol. The van der Waals surface area contributed by atoms with Crippen LogP contribution in [-0.2, 0) is 6.42 Å². The standard InChI is InChI=1S/C15H14Cl2N2O/c1-2-9-5-3-4-6-13(9)19-15(20)10-7-11(16)14(17)12(18)8-10/h3-8H,2,18H2,1H3,(H,19,20). The van der Waals surface area contributed by atoms with Crippen LogP contribution in [0.15, 0.2) is 36.4 Å². The monoisotopic (exact) mass is 308 g/mol. The topological polar surface area (TPSA) is 55.1 Å². The minimum atomic E-state index is -0.267. The SMILES string of the molecule is CCc1ccccc1NC(=O)c1cc(N)c(Cl)c(Cl)c1. The number of nitrogens with one attached hydrogen (secondary N) is 1. The predicted molar refractivity (Wildman–Crippen MR) is 84.6 cm³/mol. The number of nitrogens with two attached hydrogens (primary N) is 1. The summed E-state index contributed by atoms with van der Waals surface area (Å²) >= 11 is 11.8. The fraction of sp³-hybridized carbons (Fsp3) is 0.133. The number of benzene rings is 2. The molecule has 20 heavy (non-hydrogen) atoms. The molecular formula is C15H14Cl2N2O. The number of rotatable bonds is 3. The van der Waals surface area contributed by atoms with Crippen LogP contribution in [-0.4, -0.2) is 5.91 Å². The highest BCUT2D eigenvalue weighted by Gasteiger charge is 2.12. The molecule has 0 heterocycles. The zero-order valence-corrected chi connectivity index (χ0v) is 12.4. The van der Waals surface area contributed by atoms with E-state index in [1.807, 2.05) is 31.2 Å². The van der Waals surface area contributed by atoms with Crippen molar-refractivity contribution in [3.8, 4) is 0 Å². The highest BCUT2D eigenvalue weighted by atomic mass is 35.5. The van der Waals surface area contributed by atoms with Gasteiger partial charge < -0.3 is 11.1 Å². The number of carbonyl (C=O) groups is 1. The Balaban J connectivity index is 2.29. The smallest absolute Gasteiger partial charge is 0.255 e. The molecule has 0 aromatic heterocycles. The number of nitrogen functional groups attached to an aromatic ring is 1. The van der Waals surface area contributed by atoms with Crippen LogP contribution in [0.25, 0.3) is 0 Å². The molecule has 0 saturated heterocycles. The summed E-state index contributed by atoms with van der Waals surface area (Å²) in [5.74, 6) is -0.267. The van der Waals surface area contributed by atoms with Gasteiger partial charge in [-0.1, -0.05) is 48.3 Å². The van der Waals surface area contributed by atoms with Crippen molar-refractivity contribution in [1.29, 1.82) is 0 Å². The first-order valence-electron chi connectivity index (χ1n) is 6.16. The molecule has 104 valence electrons. The number of carbonyl (C=O) groups excluding carboxylic acids is 1. The summed E-state index contributed by atoms with van der Waals surface area (Å²) in [4.78, 5) is 12.2. The maximum Gasteiger partial charge on any atom is 0.255 e. The molecule has 0 fully saturated rings. The van der Waals surface area contributed by atoms with E-state index in [1.165, 1.54) is 12.1 Å². The summed E-state index contributed by atoms with van der Waals surface area (Å²) < 4.78 is 0. The summed E-state index contributed by atoms with van der Waals surface area (Å²) in [7, 11) is 0. The molecule has 2 rings (SSSR count). The van der Waals surface area contributed by atoms with Crippen LogP contribution in [0.1, 0.15) is 22.8 Å². The van der Waals surface area contributed by atoms with Crippen LogP contribution in [0.5, 0.6) is 0 Å². The summed E-state index contributed by atoms with van der Waals surface area (Å²) in [5.41, 5.74) is 8.22. The fourth-order valence-electron chi connectivity index (χ4n) is 1.89. The van der Waals surface area contributed by atoms with Gasteiger partial charge in [0.2, 0.25) is 0 Å². The van der Waals surface area contributed by atoms with Gasteiger partial charge in [-0.05, 0) is 30.2 Å². The quantitative estimate of drug-likeness (QED) is 0.826. The van der Waals surface area contributed by atoms with Gasteiger partial charge in [0.15, 0.2) is 0 Å². The van der Waals surface area contributed by atoms with Gasteiger partial charge in [0, 0.05) is 11.3 Å². The van der Waals surface area contributed by atoms with E-state index in [9.17, 15) is 4.79 Å². The highest BCUT2D eigenvalue weighted by Crippen LogP contribution is 2.29. The maximum atomic E-state index is 12.2. The number of halogens is 2. The van der Waals surface area contributed by atoms with E-state index in [1.54, 1.807) is 0 Å². The fourth-order valence-corrected chi connectivity index (χ4v) is 2.22. The van der Waals surface area contributed by atoms with Gasteiger partial charge in [0.05, 0.1) is 15.7 Å². The van der Waals surface area contributed by atoms with Crippen LogP contribution in [0.3, 0.4) is 0 Å². The molecule has 2 aromatic carbocycles. The summed E-state index contributed by atoms with van der Waals surface area (Å²) in [6, 6.07) is 10.7. The Morgan fingerprint density at radius 1 is 1.25 bits per heavy atom. The molecule has 3 nitrogen and oxygen atoms in total. The third kappa shape index (κ3) is 3.06. The third-order valence-electron chi connectivity index (χ3n) is 2.97. The normalized spacial score (nSPS) is 10.3. The van der Waals surface area contributed by atoms with Crippen LogP contribution < -0.4 is 11.1 Å². The highest BCUT2D eigenvalue weighted by molar-refractivity contribution is 6.44. The number of aryl methyl sites for hydroxylation is 1. The van der Waals surface area contributed by atoms with Crippen molar-refractivity contribution in [2.45, 2.75) is 13.3 Å². The minimum Gasteiger partial charge on any atom is -0.397 e. The molecule has 0 radical (unpaired) electrons. The van der Waals surface area contributed by atoms with E-state index in [0.29, 0.717) is 5.56 Å². The van der Waals surface area contributed by atoms with Crippen LogP contribution in [0.4, 0.5) is 11.4 Å². The van der Waals surface area contributed by atoms with Crippen molar-refractivity contribution >= 4 is 40.5 Å². The van der Waals surface area contributed by atoms with Gasteiger partial charge in [-0.3, -0.25) is 4.79 Å². The van der Waals surface area contributed by atoms with Crippen molar-refractivity contribution < 1.29 is 4.79 Å². The van der Waals surface area contributed by atoms with E-state index in [2.05, 4.69) is 5.32 Å². The summed E-state index contributed by atoms with van der Waals surface area (Å²) in [6.45, 7) is 2.03. The Morgan fingerprint density at radius 3 is 2.60 bits per heavy atom. The Bertz CT molecular complexity index is 633. The van der Waals surface area contributed by atoms with Gasteiger partial charge in [-0.15, -0.1) is 0 Å². The first kappa shape index (κ1) is 14.7. The van der Waals surface area contributed by atoms with Gasteiger partial charge in [-0.25, -0.2) is 0 Å². The van der Waals surface area contributed by atoms with E-state index in [-0.39, 0.29) is 21.6 Å². The molecule has 0 aliphatic carbocycles. The van der Waals surface area contributed by atoms with Crippen molar-refractivity contribution in [2.24, 2.45) is 0 Å². The first-order chi connectivity index (χ1) is 9.52. The Kier molecular flexibility index (Phi) is 4.53. The molecule has 3 N–H and O–H groups in total. The molecule has 0 bridgehead atoms. The molecule has 0 aliphatic rings. The zero-order valence-electron chi connectivity index (χ0n) is 10.9.